The molecule has 68 heavy (non-hydrogen) atoms. The van der Waals surface area contributed by atoms with Gasteiger partial charge in [0.05, 0.1) is 0 Å². The highest BCUT2D eigenvalue weighted by molar-refractivity contribution is 5.71. The van der Waals surface area contributed by atoms with Gasteiger partial charge in [0.1, 0.15) is 13.2 Å². The number of unbranched alkanes of at least 4 members (excludes halogenated alkanes) is 23. The van der Waals surface area contributed by atoms with Crippen molar-refractivity contribution in [1.82, 2.24) is 0 Å². The van der Waals surface area contributed by atoms with E-state index >= 15 is 0 Å². The molecule has 6 nitrogen and oxygen atoms in total. The smallest absolute Gasteiger partial charge is 0.306 e. The molecule has 0 aromatic heterocycles. The van der Waals surface area contributed by atoms with Crippen LogP contribution in [-0.4, -0.2) is 37.2 Å². The molecule has 1 atom stereocenters. The van der Waals surface area contributed by atoms with E-state index in [4.69, 9.17) is 14.2 Å². The van der Waals surface area contributed by atoms with Crippen molar-refractivity contribution in [2.75, 3.05) is 13.2 Å². The van der Waals surface area contributed by atoms with Gasteiger partial charge in [-0.05, 0) is 96.3 Å². The van der Waals surface area contributed by atoms with Gasteiger partial charge >= 0.3 is 17.9 Å². The van der Waals surface area contributed by atoms with E-state index in [-0.39, 0.29) is 37.5 Å². The van der Waals surface area contributed by atoms with E-state index in [1.807, 2.05) is 0 Å². The molecular weight excluding hydrogens is 841 g/mol. The maximum Gasteiger partial charge on any atom is 0.306 e. The van der Waals surface area contributed by atoms with Gasteiger partial charge in [-0.3, -0.25) is 14.4 Å². The first-order valence-corrected chi connectivity index (χ1v) is 28.2. The molecule has 0 spiro atoms. The average molecular weight is 946 g/mol. The van der Waals surface area contributed by atoms with Gasteiger partial charge in [0.25, 0.3) is 0 Å². The molecule has 0 fully saturated rings. The normalized spacial score (nSPS) is 12.8. The van der Waals surface area contributed by atoms with Crippen LogP contribution in [0.15, 0.2) is 97.2 Å². The summed E-state index contributed by atoms with van der Waals surface area (Å²) in [5, 5.41) is 0. The fourth-order valence-corrected chi connectivity index (χ4v) is 7.66. The zero-order chi connectivity index (χ0) is 49.3. The molecule has 0 heterocycles. The van der Waals surface area contributed by atoms with Crippen LogP contribution in [0.3, 0.4) is 0 Å². The standard InChI is InChI=1S/C62H104O6/c1-4-7-10-13-16-19-22-25-28-29-30-31-32-35-37-40-43-46-49-52-55-61(64)67-58-59(68-62(65)56-53-50-47-44-41-38-34-27-24-21-18-15-12-9-6-3)57-66-60(63)54-51-48-45-42-39-36-33-26-23-20-17-14-11-8-5-2/h8-9,11-12,17-18,20-21,26-27,33-34,39,41-42,44,59H,4-7,10,13-16,19,22-25,28-32,35-38,40,43,45-58H2,1-3H3/b11-8-,12-9-,20-17-,21-18-,33-26-,34-27-,42-39-,44-41-. The lowest BCUT2D eigenvalue weighted by atomic mass is 10.0. The monoisotopic (exact) mass is 945 g/mol. The number of carbonyl (C=O) groups is 3. The van der Waals surface area contributed by atoms with Crippen molar-refractivity contribution in [3.05, 3.63) is 97.2 Å². The van der Waals surface area contributed by atoms with Gasteiger partial charge in [-0.1, -0.05) is 240 Å². The summed E-state index contributed by atoms with van der Waals surface area (Å²) in [6, 6.07) is 0. The zero-order valence-electron chi connectivity index (χ0n) is 44.3. The first-order valence-electron chi connectivity index (χ1n) is 28.2. The highest BCUT2D eigenvalue weighted by Gasteiger charge is 2.19. The maximum atomic E-state index is 12.8. The van der Waals surface area contributed by atoms with Gasteiger partial charge in [0.15, 0.2) is 6.10 Å². The van der Waals surface area contributed by atoms with E-state index in [2.05, 4.69) is 118 Å². The van der Waals surface area contributed by atoms with Crippen LogP contribution in [0.5, 0.6) is 0 Å². The van der Waals surface area contributed by atoms with Crippen LogP contribution in [-0.2, 0) is 28.6 Å². The van der Waals surface area contributed by atoms with Crippen molar-refractivity contribution in [2.24, 2.45) is 0 Å². The Balaban J connectivity index is 4.44. The molecule has 6 heteroatoms. The molecule has 0 aliphatic heterocycles. The second kappa shape index (κ2) is 55.9. The molecule has 388 valence electrons. The van der Waals surface area contributed by atoms with E-state index in [0.29, 0.717) is 25.7 Å². The molecule has 1 unspecified atom stereocenters. The third-order valence-corrected chi connectivity index (χ3v) is 11.8. The van der Waals surface area contributed by atoms with Gasteiger partial charge in [-0.15, -0.1) is 0 Å². The minimum atomic E-state index is -0.816. The maximum absolute atomic E-state index is 12.8. The number of allylic oxidation sites excluding steroid dienone is 16. The molecule has 0 amide bonds. The first-order chi connectivity index (χ1) is 33.5. The predicted molar refractivity (Wildman–Crippen MR) is 293 cm³/mol. The van der Waals surface area contributed by atoms with E-state index < -0.39 is 6.10 Å². The summed E-state index contributed by atoms with van der Waals surface area (Å²) in [4.78, 5) is 38.1. The molecule has 0 N–H and O–H groups in total. The summed E-state index contributed by atoms with van der Waals surface area (Å²) in [5.74, 6) is -0.988. The Morgan fingerprint density at radius 1 is 0.309 bits per heavy atom. The topological polar surface area (TPSA) is 78.9 Å². The van der Waals surface area contributed by atoms with Crippen LogP contribution in [0.25, 0.3) is 0 Å². The molecule has 0 aromatic carbocycles. The molecule has 0 aliphatic carbocycles. The van der Waals surface area contributed by atoms with Gasteiger partial charge in [-0.25, -0.2) is 0 Å². The number of carbonyl (C=O) groups excluding carboxylic acids is 3. The van der Waals surface area contributed by atoms with Crippen molar-refractivity contribution in [3.8, 4) is 0 Å². The quantitative estimate of drug-likeness (QED) is 0.0262. The van der Waals surface area contributed by atoms with E-state index in [9.17, 15) is 14.4 Å². The minimum Gasteiger partial charge on any atom is -0.462 e. The molecule has 0 aromatic rings. The van der Waals surface area contributed by atoms with Crippen LogP contribution in [0.4, 0.5) is 0 Å². The summed E-state index contributed by atoms with van der Waals surface area (Å²) >= 11 is 0. The van der Waals surface area contributed by atoms with Crippen LogP contribution in [0, 0.1) is 0 Å². The summed E-state index contributed by atoms with van der Waals surface area (Å²) < 4.78 is 16.8. The van der Waals surface area contributed by atoms with Crippen molar-refractivity contribution in [3.63, 3.8) is 0 Å². The molecule has 0 radical (unpaired) electrons. The minimum absolute atomic E-state index is 0.106. The van der Waals surface area contributed by atoms with Crippen LogP contribution < -0.4 is 0 Å². The molecule has 0 rings (SSSR count). The highest BCUT2D eigenvalue weighted by atomic mass is 16.6. The Labute approximate surface area is 419 Å². The lowest BCUT2D eigenvalue weighted by molar-refractivity contribution is -0.167. The molecule has 0 saturated heterocycles. The van der Waals surface area contributed by atoms with Gasteiger partial charge in [-0.2, -0.15) is 0 Å². The Bertz CT molecular complexity index is 1360. The van der Waals surface area contributed by atoms with E-state index in [0.717, 1.165) is 96.3 Å². The van der Waals surface area contributed by atoms with Gasteiger partial charge < -0.3 is 14.2 Å². The van der Waals surface area contributed by atoms with Crippen molar-refractivity contribution in [2.45, 2.75) is 264 Å². The lowest BCUT2D eigenvalue weighted by Crippen LogP contribution is -2.30. The number of hydrogen-bond acceptors (Lipinski definition) is 6. The summed E-state index contributed by atoms with van der Waals surface area (Å²) in [5.41, 5.74) is 0. The van der Waals surface area contributed by atoms with E-state index in [1.165, 1.54) is 109 Å². The Kier molecular flexibility index (Phi) is 52.9. The van der Waals surface area contributed by atoms with E-state index in [1.54, 1.807) is 0 Å². The highest BCUT2D eigenvalue weighted by Crippen LogP contribution is 2.16. The Morgan fingerprint density at radius 3 is 0.897 bits per heavy atom. The predicted octanol–water partition coefficient (Wildman–Crippen LogP) is 18.9. The van der Waals surface area contributed by atoms with Crippen molar-refractivity contribution in [1.29, 1.82) is 0 Å². The van der Waals surface area contributed by atoms with Crippen LogP contribution >= 0.6 is 0 Å². The summed E-state index contributed by atoms with van der Waals surface area (Å²) in [6.07, 6.45) is 74.1. The van der Waals surface area contributed by atoms with Crippen molar-refractivity contribution >= 4 is 17.9 Å². The molecule has 0 bridgehead atoms. The summed E-state index contributed by atoms with van der Waals surface area (Å²) in [7, 11) is 0. The zero-order valence-corrected chi connectivity index (χ0v) is 44.3. The van der Waals surface area contributed by atoms with Gasteiger partial charge in [0.2, 0.25) is 0 Å². The average Bonchev–Trinajstić information content (AvgIpc) is 3.34. The lowest BCUT2D eigenvalue weighted by Gasteiger charge is -2.18. The fourth-order valence-electron chi connectivity index (χ4n) is 7.66. The molecular formula is C62H104O6. The second-order valence-corrected chi connectivity index (χ2v) is 18.4. The van der Waals surface area contributed by atoms with Crippen LogP contribution in [0.2, 0.25) is 0 Å². The number of rotatable bonds is 50. The Morgan fingerprint density at radius 2 is 0.574 bits per heavy atom. The largest absolute Gasteiger partial charge is 0.462 e. The molecule has 0 saturated carbocycles. The molecule has 0 aliphatic rings. The first kappa shape index (κ1) is 64.3. The number of ether oxygens (including phenoxy) is 3. The number of esters is 3. The third kappa shape index (κ3) is 53.3. The second-order valence-electron chi connectivity index (χ2n) is 18.4. The fraction of sp³-hybridized carbons (Fsp3) is 0.694. The van der Waals surface area contributed by atoms with Crippen LogP contribution in [0.1, 0.15) is 258 Å². The summed E-state index contributed by atoms with van der Waals surface area (Å²) in [6.45, 7) is 6.35. The van der Waals surface area contributed by atoms with Crippen molar-refractivity contribution < 1.29 is 28.6 Å². The Hall–Kier alpha value is -3.67. The SMILES string of the molecule is CC/C=C\C/C=C\C/C=C\C/C=C\CCCCC(=O)OCC(COC(=O)CCCCCCCCCCCCCCCCCCCCCC)OC(=O)CCCC/C=C\C/C=C\C/C=C\C/C=C\CC. The van der Waals surface area contributed by atoms with Gasteiger partial charge in [0, 0.05) is 19.3 Å². The number of hydrogen-bond donors (Lipinski definition) is 0. The third-order valence-electron chi connectivity index (χ3n) is 11.8.